The minimum absolute atomic E-state index is 0.171. The summed E-state index contributed by atoms with van der Waals surface area (Å²) in [4.78, 5) is 15.5. The van der Waals surface area contributed by atoms with Crippen molar-refractivity contribution < 1.29 is 14.3 Å². The summed E-state index contributed by atoms with van der Waals surface area (Å²) in [6.07, 6.45) is 0. The Hall–Kier alpha value is -1.62. The zero-order valence-corrected chi connectivity index (χ0v) is 11.2. The molecular formula is C14H19FN2O2. The van der Waals surface area contributed by atoms with Crippen LogP contribution in [0.3, 0.4) is 0 Å². The molecule has 19 heavy (non-hydrogen) atoms. The molecule has 1 amide bonds. The molecule has 0 aromatic heterocycles. The van der Waals surface area contributed by atoms with E-state index in [4.69, 9.17) is 0 Å². The highest BCUT2D eigenvalue weighted by Gasteiger charge is 2.34. The highest BCUT2D eigenvalue weighted by Crippen LogP contribution is 2.25. The number of carbonyl (C=O) groups is 1. The Morgan fingerprint density at radius 3 is 2.68 bits per heavy atom. The summed E-state index contributed by atoms with van der Waals surface area (Å²) in [5, 5.41) is 9.50. The maximum absolute atomic E-state index is 13.9. The second-order valence-electron chi connectivity index (χ2n) is 5.13. The average Bonchev–Trinajstić information content (AvgIpc) is 2.48. The van der Waals surface area contributed by atoms with Crippen LogP contribution in [0.1, 0.15) is 6.92 Å². The third kappa shape index (κ3) is 2.71. The molecule has 1 heterocycles. The van der Waals surface area contributed by atoms with E-state index in [-0.39, 0.29) is 24.2 Å². The normalized spacial score (nSPS) is 24.5. The first-order chi connectivity index (χ1) is 9.04. The molecule has 1 aliphatic rings. The lowest BCUT2D eigenvalue weighted by Gasteiger charge is -2.31. The van der Waals surface area contributed by atoms with Crippen molar-refractivity contribution in [3.8, 4) is 0 Å². The Kier molecular flexibility index (Phi) is 4.04. The smallest absolute Gasteiger partial charge is 0.247 e. The predicted molar refractivity (Wildman–Crippen MR) is 71.4 cm³/mol. The number of amides is 1. The molecule has 4 nitrogen and oxygen atoms in total. The maximum Gasteiger partial charge on any atom is 0.247 e. The third-order valence-electron chi connectivity index (χ3n) is 3.47. The van der Waals surface area contributed by atoms with Gasteiger partial charge in [-0.25, -0.2) is 4.39 Å². The van der Waals surface area contributed by atoms with E-state index in [0.29, 0.717) is 18.8 Å². The number of hydrogen-bond acceptors (Lipinski definition) is 3. The van der Waals surface area contributed by atoms with E-state index in [1.807, 2.05) is 6.92 Å². The molecule has 0 radical (unpaired) electrons. The molecule has 1 N–H and O–H groups in total. The van der Waals surface area contributed by atoms with Gasteiger partial charge < -0.3 is 14.9 Å². The molecule has 0 spiro atoms. The summed E-state index contributed by atoms with van der Waals surface area (Å²) in [5.74, 6) is -0.328. The van der Waals surface area contributed by atoms with Crippen molar-refractivity contribution in [1.82, 2.24) is 4.90 Å². The molecule has 1 aromatic rings. The lowest BCUT2D eigenvalue weighted by molar-refractivity contribution is -0.131. The second-order valence-corrected chi connectivity index (χ2v) is 5.13. The molecule has 1 aromatic carbocycles. The van der Waals surface area contributed by atoms with E-state index in [1.54, 1.807) is 35.0 Å². The van der Waals surface area contributed by atoms with Crippen molar-refractivity contribution in [2.45, 2.75) is 13.0 Å². The van der Waals surface area contributed by atoms with Gasteiger partial charge in [0.25, 0.3) is 0 Å². The number of anilines is 1. The maximum atomic E-state index is 13.9. The molecule has 2 atom stereocenters. The van der Waals surface area contributed by atoms with Crippen LogP contribution in [0.2, 0.25) is 0 Å². The number of nitrogens with zero attached hydrogens (tertiary/aromatic N) is 2. The fourth-order valence-corrected chi connectivity index (χ4v) is 2.59. The minimum atomic E-state index is -0.716. The Labute approximate surface area is 112 Å². The summed E-state index contributed by atoms with van der Waals surface area (Å²) in [6, 6.07) is 5.64. The van der Waals surface area contributed by atoms with Crippen LogP contribution in [0.4, 0.5) is 10.1 Å². The standard InChI is InChI=1S/C14H19FN2O2/c1-10-7-16(2)14(19)13(9-18)17(8-10)12-6-4-3-5-11(12)15/h3-6,10,13,18H,7-9H2,1-2H3. The van der Waals surface area contributed by atoms with Gasteiger partial charge in [-0.05, 0) is 18.1 Å². The Bertz CT molecular complexity index is 467. The van der Waals surface area contributed by atoms with E-state index >= 15 is 0 Å². The Morgan fingerprint density at radius 2 is 2.05 bits per heavy atom. The largest absolute Gasteiger partial charge is 0.394 e. The second kappa shape index (κ2) is 5.57. The van der Waals surface area contributed by atoms with E-state index in [0.717, 1.165) is 0 Å². The summed E-state index contributed by atoms with van der Waals surface area (Å²) in [7, 11) is 1.71. The van der Waals surface area contributed by atoms with E-state index in [2.05, 4.69) is 0 Å². The van der Waals surface area contributed by atoms with Gasteiger partial charge >= 0.3 is 0 Å². The topological polar surface area (TPSA) is 43.8 Å². The van der Waals surface area contributed by atoms with Gasteiger partial charge in [0.15, 0.2) is 0 Å². The first-order valence-corrected chi connectivity index (χ1v) is 6.41. The molecule has 2 unspecified atom stereocenters. The van der Waals surface area contributed by atoms with Crippen LogP contribution >= 0.6 is 0 Å². The molecule has 1 aliphatic heterocycles. The summed E-state index contributed by atoms with van der Waals surface area (Å²) >= 11 is 0. The van der Waals surface area contributed by atoms with Crippen LogP contribution < -0.4 is 4.90 Å². The van der Waals surface area contributed by atoms with Gasteiger partial charge in [-0.2, -0.15) is 0 Å². The molecule has 0 aliphatic carbocycles. The van der Waals surface area contributed by atoms with Crippen LogP contribution in [-0.4, -0.2) is 48.7 Å². The van der Waals surface area contributed by atoms with Gasteiger partial charge in [0.2, 0.25) is 5.91 Å². The van der Waals surface area contributed by atoms with Crippen LogP contribution in [-0.2, 0) is 4.79 Å². The number of likely N-dealkylation sites (N-methyl/N-ethyl adjacent to an activating group) is 1. The van der Waals surface area contributed by atoms with Crippen LogP contribution in [0, 0.1) is 11.7 Å². The monoisotopic (exact) mass is 266 g/mol. The molecule has 104 valence electrons. The Morgan fingerprint density at radius 1 is 1.37 bits per heavy atom. The number of halogens is 1. The Balaban J connectivity index is 2.40. The number of hydrogen-bond donors (Lipinski definition) is 1. The molecule has 1 saturated heterocycles. The quantitative estimate of drug-likeness (QED) is 0.872. The molecule has 2 rings (SSSR count). The van der Waals surface area contributed by atoms with Crippen molar-refractivity contribution in [2.75, 3.05) is 31.6 Å². The van der Waals surface area contributed by atoms with Crippen LogP contribution in [0.5, 0.6) is 0 Å². The zero-order chi connectivity index (χ0) is 14.0. The third-order valence-corrected chi connectivity index (χ3v) is 3.47. The lowest BCUT2D eigenvalue weighted by Crippen LogP contribution is -2.47. The number of aliphatic hydroxyl groups excluding tert-OH is 1. The average molecular weight is 266 g/mol. The molecule has 0 saturated carbocycles. The van der Waals surface area contributed by atoms with Gasteiger partial charge in [-0.3, -0.25) is 4.79 Å². The van der Waals surface area contributed by atoms with Crippen molar-refractivity contribution in [2.24, 2.45) is 5.92 Å². The van der Waals surface area contributed by atoms with Gasteiger partial charge in [0.1, 0.15) is 11.9 Å². The number of benzene rings is 1. The fraction of sp³-hybridized carbons (Fsp3) is 0.500. The summed E-state index contributed by atoms with van der Waals surface area (Å²) in [5.41, 5.74) is 0.372. The van der Waals surface area contributed by atoms with Crippen molar-refractivity contribution in [3.05, 3.63) is 30.1 Å². The summed E-state index contributed by atoms with van der Waals surface area (Å²) < 4.78 is 13.9. The van der Waals surface area contributed by atoms with Gasteiger partial charge in [-0.15, -0.1) is 0 Å². The first-order valence-electron chi connectivity index (χ1n) is 6.41. The zero-order valence-electron chi connectivity index (χ0n) is 11.2. The van der Waals surface area contributed by atoms with Crippen LogP contribution in [0.25, 0.3) is 0 Å². The fourth-order valence-electron chi connectivity index (χ4n) is 2.59. The number of aliphatic hydroxyl groups is 1. The van der Waals surface area contributed by atoms with Gasteiger partial charge in [0.05, 0.1) is 12.3 Å². The first kappa shape index (κ1) is 13.8. The number of carbonyl (C=O) groups excluding carboxylic acids is 1. The summed E-state index contributed by atoms with van der Waals surface area (Å²) in [6.45, 7) is 2.85. The van der Waals surface area contributed by atoms with E-state index in [1.165, 1.54) is 6.07 Å². The molecule has 5 heteroatoms. The van der Waals surface area contributed by atoms with Gasteiger partial charge in [0, 0.05) is 20.1 Å². The molecule has 1 fully saturated rings. The highest BCUT2D eigenvalue weighted by molar-refractivity contribution is 5.86. The highest BCUT2D eigenvalue weighted by atomic mass is 19.1. The lowest BCUT2D eigenvalue weighted by atomic mass is 10.1. The van der Waals surface area contributed by atoms with Crippen molar-refractivity contribution in [1.29, 1.82) is 0 Å². The van der Waals surface area contributed by atoms with Crippen molar-refractivity contribution in [3.63, 3.8) is 0 Å². The molecule has 0 bridgehead atoms. The van der Waals surface area contributed by atoms with Gasteiger partial charge in [-0.1, -0.05) is 19.1 Å². The SMILES string of the molecule is CC1CN(C)C(=O)C(CO)N(c2ccccc2F)C1. The van der Waals surface area contributed by atoms with Crippen molar-refractivity contribution >= 4 is 11.6 Å². The van der Waals surface area contributed by atoms with E-state index in [9.17, 15) is 14.3 Å². The number of rotatable bonds is 2. The molecular weight excluding hydrogens is 247 g/mol. The number of para-hydroxylation sites is 1. The minimum Gasteiger partial charge on any atom is -0.394 e. The van der Waals surface area contributed by atoms with E-state index < -0.39 is 6.04 Å². The van der Waals surface area contributed by atoms with Crippen LogP contribution in [0.15, 0.2) is 24.3 Å². The predicted octanol–water partition coefficient (Wildman–Crippen LogP) is 1.10.